The molecule has 0 saturated carbocycles. The van der Waals surface area contributed by atoms with Crippen molar-refractivity contribution in [2.24, 2.45) is 11.8 Å². The maximum Gasteiger partial charge on any atom is 0.0515 e. The monoisotopic (exact) mass is 245 g/mol. The van der Waals surface area contributed by atoms with Gasteiger partial charge in [-0.1, -0.05) is 32.9 Å². The average molecular weight is 245 g/mol. The molecule has 0 N–H and O–H groups in total. The van der Waals surface area contributed by atoms with E-state index < -0.39 is 0 Å². The minimum Gasteiger partial charge on any atom is -0.381 e. The van der Waals surface area contributed by atoms with E-state index in [2.05, 4.69) is 49.9 Å². The zero-order valence-corrected chi connectivity index (χ0v) is 11.6. The molecule has 1 aromatic rings. The molecule has 1 aromatic carbocycles. The number of benzene rings is 1. The molecule has 3 rings (SSSR count). The quantitative estimate of drug-likeness (QED) is 0.754. The molecule has 2 heterocycles. The van der Waals surface area contributed by atoms with Gasteiger partial charge in [-0.2, -0.15) is 0 Å². The van der Waals surface area contributed by atoms with Crippen LogP contribution >= 0.6 is 0 Å². The number of hydrogen-bond acceptors (Lipinski definition) is 2. The van der Waals surface area contributed by atoms with Gasteiger partial charge >= 0.3 is 0 Å². The van der Waals surface area contributed by atoms with E-state index in [1.165, 1.54) is 24.3 Å². The van der Waals surface area contributed by atoms with Crippen molar-refractivity contribution < 1.29 is 4.74 Å². The van der Waals surface area contributed by atoms with E-state index >= 15 is 0 Å². The fraction of sp³-hybridized carbons (Fsp3) is 0.625. The van der Waals surface area contributed by atoms with Gasteiger partial charge in [-0.15, -0.1) is 0 Å². The molecule has 2 nitrogen and oxygen atoms in total. The van der Waals surface area contributed by atoms with Gasteiger partial charge in [-0.05, 0) is 23.1 Å². The molecule has 2 saturated heterocycles. The van der Waals surface area contributed by atoms with Crippen LogP contribution in [-0.2, 0) is 10.2 Å². The molecule has 0 bridgehead atoms. The lowest BCUT2D eigenvalue weighted by molar-refractivity contribution is 0.177. The molecule has 0 spiro atoms. The van der Waals surface area contributed by atoms with E-state index in [0.29, 0.717) is 0 Å². The highest BCUT2D eigenvalue weighted by molar-refractivity contribution is 5.49. The van der Waals surface area contributed by atoms with Gasteiger partial charge in [-0.25, -0.2) is 0 Å². The van der Waals surface area contributed by atoms with Crippen LogP contribution in [0.2, 0.25) is 0 Å². The van der Waals surface area contributed by atoms with E-state index in [-0.39, 0.29) is 5.41 Å². The standard InChI is InChI=1S/C16H23NO/c1-16(2,3)14-4-6-15(7-5-14)17-8-12-10-18-11-13(12)9-17/h4-7,12-13H,8-11H2,1-3H3. The highest BCUT2D eigenvalue weighted by Gasteiger charge is 2.37. The van der Waals surface area contributed by atoms with Crippen molar-refractivity contribution in [1.82, 2.24) is 0 Å². The van der Waals surface area contributed by atoms with Crippen LogP contribution in [0.3, 0.4) is 0 Å². The summed E-state index contributed by atoms with van der Waals surface area (Å²) in [4.78, 5) is 2.52. The van der Waals surface area contributed by atoms with E-state index in [9.17, 15) is 0 Å². The van der Waals surface area contributed by atoms with Gasteiger partial charge in [0.05, 0.1) is 13.2 Å². The highest BCUT2D eigenvalue weighted by atomic mass is 16.5. The molecule has 2 aliphatic rings. The largest absolute Gasteiger partial charge is 0.381 e. The van der Waals surface area contributed by atoms with Gasteiger partial charge in [-0.3, -0.25) is 0 Å². The number of fused-ring (bicyclic) bond motifs is 1. The molecule has 18 heavy (non-hydrogen) atoms. The lowest BCUT2D eigenvalue weighted by atomic mass is 9.87. The van der Waals surface area contributed by atoms with Crippen LogP contribution in [0.15, 0.2) is 24.3 Å². The van der Waals surface area contributed by atoms with Gasteiger partial charge in [0.1, 0.15) is 0 Å². The third kappa shape index (κ3) is 2.14. The Morgan fingerprint density at radius 3 is 2.06 bits per heavy atom. The third-order valence-corrected chi connectivity index (χ3v) is 4.34. The summed E-state index contributed by atoms with van der Waals surface area (Å²) in [6.45, 7) is 11.0. The Labute approximate surface area is 110 Å². The van der Waals surface area contributed by atoms with Crippen LogP contribution < -0.4 is 4.90 Å². The zero-order valence-electron chi connectivity index (χ0n) is 11.6. The van der Waals surface area contributed by atoms with E-state index in [0.717, 1.165) is 25.0 Å². The second-order valence-electron chi connectivity index (χ2n) is 6.76. The lowest BCUT2D eigenvalue weighted by Gasteiger charge is -2.23. The summed E-state index contributed by atoms with van der Waals surface area (Å²) in [5.41, 5.74) is 3.03. The van der Waals surface area contributed by atoms with Crippen molar-refractivity contribution in [2.75, 3.05) is 31.2 Å². The van der Waals surface area contributed by atoms with Crippen LogP contribution in [0.5, 0.6) is 0 Å². The van der Waals surface area contributed by atoms with Crippen LogP contribution in [0.4, 0.5) is 5.69 Å². The molecule has 0 amide bonds. The van der Waals surface area contributed by atoms with Gasteiger partial charge in [0.2, 0.25) is 0 Å². The first-order valence-electron chi connectivity index (χ1n) is 6.97. The number of ether oxygens (including phenoxy) is 1. The van der Waals surface area contributed by atoms with Crippen LogP contribution in [0.25, 0.3) is 0 Å². The Bertz CT molecular complexity index is 406. The molecule has 98 valence electrons. The molecule has 2 fully saturated rings. The molecular weight excluding hydrogens is 222 g/mol. The van der Waals surface area contributed by atoms with E-state index in [1.807, 2.05) is 0 Å². The molecule has 0 aromatic heterocycles. The Kier molecular flexibility index (Phi) is 2.86. The number of anilines is 1. The van der Waals surface area contributed by atoms with Gasteiger partial charge in [0, 0.05) is 30.6 Å². The third-order valence-electron chi connectivity index (χ3n) is 4.34. The normalized spacial score (nSPS) is 27.6. The Morgan fingerprint density at radius 1 is 1.00 bits per heavy atom. The highest BCUT2D eigenvalue weighted by Crippen LogP contribution is 2.33. The number of rotatable bonds is 1. The summed E-state index contributed by atoms with van der Waals surface area (Å²) < 4.78 is 5.53. The van der Waals surface area contributed by atoms with Crippen molar-refractivity contribution in [3.8, 4) is 0 Å². The summed E-state index contributed by atoms with van der Waals surface area (Å²) in [7, 11) is 0. The minimum absolute atomic E-state index is 0.244. The zero-order chi connectivity index (χ0) is 12.8. The predicted octanol–water partition coefficient (Wildman–Crippen LogP) is 3.07. The smallest absolute Gasteiger partial charge is 0.0515 e. The Balaban J connectivity index is 1.74. The summed E-state index contributed by atoms with van der Waals surface area (Å²) >= 11 is 0. The molecule has 2 unspecified atom stereocenters. The molecule has 2 aliphatic heterocycles. The fourth-order valence-electron chi connectivity index (χ4n) is 3.07. The Hall–Kier alpha value is -1.02. The SMILES string of the molecule is CC(C)(C)c1ccc(N2CC3COCC3C2)cc1. The fourth-order valence-corrected chi connectivity index (χ4v) is 3.07. The topological polar surface area (TPSA) is 12.5 Å². The summed E-state index contributed by atoms with van der Waals surface area (Å²) in [5, 5.41) is 0. The van der Waals surface area contributed by atoms with Crippen molar-refractivity contribution in [3.63, 3.8) is 0 Å². The summed E-state index contributed by atoms with van der Waals surface area (Å²) in [6, 6.07) is 9.12. The maximum absolute atomic E-state index is 5.53. The first-order chi connectivity index (χ1) is 8.54. The van der Waals surface area contributed by atoms with E-state index in [4.69, 9.17) is 4.74 Å². The van der Waals surface area contributed by atoms with Crippen molar-refractivity contribution in [1.29, 1.82) is 0 Å². The van der Waals surface area contributed by atoms with Crippen molar-refractivity contribution in [3.05, 3.63) is 29.8 Å². The average Bonchev–Trinajstić information content (AvgIpc) is 2.88. The minimum atomic E-state index is 0.244. The summed E-state index contributed by atoms with van der Waals surface area (Å²) in [6.07, 6.45) is 0. The lowest BCUT2D eigenvalue weighted by Crippen LogP contribution is -2.22. The molecule has 2 atom stereocenters. The van der Waals surface area contributed by atoms with Crippen molar-refractivity contribution in [2.45, 2.75) is 26.2 Å². The molecule has 0 aliphatic carbocycles. The first kappa shape index (κ1) is 12.0. The first-order valence-corrected chi connectivity index (χ1v) is 6.97. The van der Waals surface area contributed by atoms with Crippen LogP contribution in [0, 0.1) is 11.8 Å². The van der Waals surface area contributed by atoms with Crippen molar-refractivity contribution >= 4 is 5.69 Å². The number of nitrogens with zero attached hydrogens (tertiary/aromatic N) is 1. The van der Waals surface area contributed by atoms with Gasteiger partial charge in [0.25, 0.3) is 0 Å². The van der Waals surface area contributed by atoms with Gasteiger partial charge in [0.15, 0.2) is 0 Å². The maximum atomic E-state index is 5.53. The molecule has 0 radical (unpaired) electrons. The molecular formula is C16H23NO. The summed E-state index contributed by atoms with van der Waals surface area (Å²) in [5.74, 6) is 1.51. The Morgan fingerprint density at radius 2 is 1.56 bits per heavy atom. The van der Waals surface area contributed by atoms with Crippen LogP contribution in [-0.4, -0.2) is 26.3 Å². The molecule has 2 heteroatoms. The predicted molar refractivity (Wildman–Crippen MR) is 75.2 cm³/mol. The second-order valence-corrected chi connectivity index (χ2v) is 6.76. The second kappa shape index (κ2) is 4.27. The van der Waals surface area contributed by atoms with Crippen LogP contribution in [0.1, 0.15) is 26.3 Å². The number of hydrogen-bond donors (Lipinski definition) is 0. The van der Waals surface area contributed by atoms with Gasteiger partial charge < -0.3 is 9.64 Å². The van der Waals surface area contributed by atoms with E-state index in [1.54, 1.807) is 0 Å².